The molecule has 0 bridgehead atoms. The van der Waals surface area contributed by atoms with Crippen LogP contribution in [-0.2, 0) is 0 Å². The molecular weight excluding hydrogens is 108 g/mol. The molecule has 2 aliphatic rings. The Labute approximate surface area is 55.6 Å². The average molecular weight is 118 g/mol. The van der Waals surface area contributed by atoms with E-state index in [-0.39, 0.29) is 0 Å². The Morgan fingerprint density at radius 2 is 2.22 bits per heavy atom. The summed E-state index contributed by atoms with van der Waals surface area (Å²) < 4.78 is 0. The van der Waals surface area contributed by atoms with Crippen molar-refractivity contribution < 1.29 is 0 Å². The minimum absolute atomic E-state index is 1.25. The van der Waals surface area contributed by atoms with E-state index in [4.69, 9.17) is 0 Å². The topological polar surface area (TPSA) is 0 Å². The lowest BCUT2D eigenvalue weighted by Crippen LogP contribution is -1.69. The molecule has 0 spiro atoms. The number of rotatable bonds is 0. The maximum atomic E-state index is 2.32. The summed E-state index contributed by atoms with van der Waals surface area (Å²) in [4.78, 5) is 0. The molecule has 0 amide bonds. The quantitative estimate of drug-likeness (QED) is 0.458. The van der Waals surface area contributed by atoms with Gasteiger partial charge in [0.15, 0.2) is 0 Å². The van der Waals surface area contributed by atoms with Crippen LogP contribution in [0.4, 0.5) is 0 Å². The summed E-state index contributed by atoms with van der Waals surface area (Å²) in [6, 6.07) is 0. The van der Waals surface area contributed by atoms with Crippen LogP contribution in [0.1, 0.15) is 19.8 Å². The molecule has 0 aliphatic heterocycles. The van der Waals surface area contributed by atoms with Crippen molar-refractivity contribution in [1.82, 2.24) is 0 Å². The molecular formula is C9H10. The van der Waals surface area contributed by atoms with Crippen LogP contribution in [0.5, 0.6) is 0 Å². The molecule has 0 N–H and O–H groups in total. The van der Waals surface area contributed by atoms with Crippen molar-refractivity contribution >= 4 is 0 Å². The second-order valence-electron chi connectivity index (χ2n) is 2.76. The van der Waals surface area contributed by atoms with E-state index in [9.17, 15) is 0 Å². The summed E-state index contributed by atoms with van der Waals surface area (Å²) in [5, 5.41) is 0. The van der Waals surface area contributed by atoms with Gasteiger partial charge in [0.05, 0.1) is 0 Å². The van der Waals surface area contributed by atoms with E-state index in [1.165, 1.54) is 24.0 Å². The SMILES string of the molecule is CC1=CC2=CCCC2=C1. The largest absolute Gasteiger partial charge is 0.0766 e. The van der Waals surface area contributed by atoms with Gasteiger partial charge in [0, 0.05) is 0 Å². The Kier molecular flexibility index (Phi) is 0.895. The zero-order valence-electron chi connectivity index (χ0n) is 5.65. The predicted octanol–water partition coefficient (Wildman–Crippen LogP) is 2.59. The Hall–Kier alpha value is -0.780. The summed E-state index contributed by atoms with van der Waals surface area (Å²) in [7, 11) is 0. The second-order valence-corrected chi connectivity index (χ2v) is 2.76. The van der Waals surface area contributed by atoms with Gasteiger partial charge in [-0.2, -0.15) is 0 Å². The van der Waals surface area contributed by atoms with Crippen molar-refractivity contribution in [3.05, 3.63) is 34.9 Å². The molecule has 2 rings (SSSR count). The van der Waals surface area contributed by atoms with Gasteiger partial charge >= 0.3 is 0 Å². The zero-order valence-corrected chi connectivity index (χ0v) is 5.65. The highest BCUT2D eigenvalue weighted by atomic mass is 14.2. The standard InChI is InChI=1S/C9H10/c1-7-5-8-3-2-4-9(8)6-7/h3,5-6H,2,4H2,1H3. The van der Waals surface area contributed by atoms with Crippen LogP contribution in [0.3, 0.4) is 0 Å². The van der Waals surface area contributed by atoms with Crippen molar-refractivity contribution in [3.8, 4) is 0 Å². The van der Waals surface area contributed by atoms with E-state index in [1.54, 1.807) is 5.57 Å². The Morgan fingerprint density at radius 3 is 3.00 bits per heavy atom. The van der Waals surface area contributed by atoms with Crippen LogP contribution in [0.25, 0.3) is 0 Å². The lowest BCUT2D eigenvalue weighted by molar-refractivity contribution is 1.06. The van der Waals surface area contributed by atoms with Crippen LogP contribution in [-0.4, -0.2) is 0 Å². The van der Waals surface area contributed by atoms with E-state index in [2.05, 4.69) is 25.2 Å². The van der Waals surface area contributed by atoms with Gasteiger partial charge in [0.25, 0.3) is 0 Å². The van der Waals surface area contributed by atoms with E-state index >= 15 is 0 Å². The molecule has 0 radical (unpaired) electrons. The predicted molar refractivity (Wildman–Crippen MR) is 39.2 cm³/mol. The first-order valence-electron chi connectivity index (χ1n) is 3.46. The molecule has 0 atom stereocenters. The third-order valence-corrected chi connectivity index (χ3v) is 1.93. The van der Waals surface area contributed by atoms with Crippen molar-refractivity contribution in [2.24, 2.45) is 0 Å². The second kappa shape index (κ2) is 1.60. The first-order valence-corrected chi connectivity index (χ1v) is 3.46. The number of allylic oxidation sites excluding steroid dienone is 6. The van der Waals surface area contributed by atoms with Crippen LogP contribution in [0.2, 0.25) is 0 Å². The number of fused-ring (bicyclic) bond motifs is 1. The van der Waals surface area contributed by atoms with Crippen LogP contribution < -0.4 is 0 Å². The lowest BCUT2D eigenvalue weighted by Gasteiger charge is -1.88. The van der Waals surface area contributed by atoms with Crippen LogP contribution in [0, 0.1) is 0 Å². The van der Waals surface area contributed by atoms with E-state index < -0.39 is 0 Å². The van der Waals surface area contributed by atoms with Crippen molar-refractivity contribution in [2.75, 3.05) is 0 Å². The number of hydrogen-bond acceptors (Lipinski definition) is 0. The molecule has 0 aromatic heterocycles. The fraction of sp³-hybridized carbons (Fsp3) is 0.333. The molecule has 0 unspecified atom stereocenters. The van der Waals surface area contributed by atoms with Crippen molar-refractivity contribution in [1.29, 1.82) is 0 Å². The van der Waals surface area contributed by atoms with Gasteiger partial charge in [-0.25, -0.2) is 0 Å². The van der Waals surface area contributed by atoms with E-state index in [0.717, 1.165) is 0 Å². The molecule has 0 saturated heterocycles. The summed E-state index contributed by atoms with van der Waals surface area (Å²) in [6.45, 7) is 2.16. The highest BCUT2D eigenvalue weighted by molar-refractivity contribution is 5.54. The first-order chi connectivity index (χ1) is 4.36. The zero-order chi connectivity index (χ0) is 6.27. The molecule has 9 heavy (non-hydrogen) atoms. The Bertz CT molecular complexity index is 226. The normalized spacial score (nSPS) is 23.0. The fourth-order valence-corrected chi connectivity index (χ4v) is 1.53. The van der Waals surface area contributed by atoms with Crippen molar-refractivity contribution in [3.63, 3.8) is 0 Å². The molecule has 0 saturated carbocycles. The monoisotopic (exact) mass is 118 g/mol. The third kappa shape index (κ3) is 0.663. The van der Waals surface area contributed by atoms with Gasteiger partial charge in [0.2, 0.25) is 0 Å². The first kappa shape index (κ1) is 5.04. The van der Waals surface area contributed by atoms with Gasteiger partial charge in [-0.05, 0) is 30.9 Å². The van der Waals surface area contributed by atoms with E-state index in [0.29, 0.717) is 0 Å². The minimum Gasteiger partial charge on any atom is -0.0766 e. The van der Waals surface area contributed by atoms with Crippen LogP contribution >= 0.6 is 0 Å². The molecule has 2 aliphatic carbocycles. The van der Waals surface area contributed by atoms with Gasteiger partial charge in [-0.3, -0.25) is 0 Å². The highest BCUT2D eigenvalue weighted by Gasteiger charge is 2.13. The molecule has 0 aromatic carbocycles. The maximum Gasteiger partial charge on any atom is -0.0238 e. The molecule has 0 aromatic rings. The summed E-state index contributed by atoms with van der Waals surface area (Å²) in [5.74, 6) is 0. The smallest absolute Gasteiger partial charge is 0.0238 e. The summed E-state index contributed by atoms with van der Waals surface area (Å²) in [6.07, 6.45) is 9.40. The third-order valence-electron chi connectivity index (χ3n) is 1.93. The van der Waals surface area contributed by atoms with E-state index in [1.807, 2.05) is 0 Å². The van der Waals surface area contributed by atoms with Gasteiger partial charge < -0.3 is 0 Å². The summed E-state index contributed by atoms with van der Waals surface area (Å²) >= 11 is 0. The molecule has 46 valence electrons. The molecule has 0 heteroatoms. The fourth-order valence-electron chi connectivity index (χ4n) is 1.53. The Balaban J connectivity index is 2.46. The summed E-state index contributed by atoms with van der Waals surface area (Å²) in [5.41, 5.74) is 4.44. The lowest BCUT2D eigenvalue weighted by atomic mass is 10.2. The van der Waals surface area contributed by atoms with Crippen LogP contribution in [0.15, 0.2) is 34.9 Å². The van der Waals surface area contributed by atoms with Crippen molar-refractivity contribution in [2.45, 2.75) is 19.8 Å². The minimum atomic E-state index is 1.25. The van der Waals surface area contributed by atoms with Gasteiger partial charge in [-0.1, -0.05) is 23.8 Å². The van der Waals surface area contributed by atoms with Gasteiger partial charge in [-0.15, -0.1) is 0 Å². The maximum absolute atomic E-state index is 2.32. The average Bonchev–Trinajstić information content (AvgIpc) is 2.22. The molecule has 0 fully saturated rings. The molecule has 0 heterocycles. The number of hydrogen-bond donors (Lipinski definition) is 0. The Morgan fingerprint density at radius 1 is 1.33 bits per heavy atom. The highest BCUT2D eigenvalue weighted by Crippen LogP contribution is 2.32. The molecule has 0 nitrogen and oxygen atoms in total. The van der Waals surface area contributed by atoms with Gasteiger partial charge in [0.1, 0.15) is 0 Å².